The number of ether oxygens (including phenoxy) is 4. The maximum Gasteiger partial charge on any atom is 0.122 e. The quantitative estimate of drug-likeness (QED) is 0.502. The summed E-state index contributed by atoms with van der Waals surface area (Å²) in [6.45, 7) is 5.79. The number of benzene rings is 1. The summed E-state index contributed by atoms with van der Waals surface area (Å²) in [5.41, 5.74) is 1.26. The van der Waals surface area contributed by atoms with Crippen LogP contribution < -0.4 is 4.74 Å². The molecule has 0 aliphatic rings. The minimum Gasteiger partial charge on any atom is -0.491 e. The van der Waals surface area contributed by atoms with Crippen LogP contribution in [0.1, 0.15) is 25.3 Å². The van der Waals surface area contributed by atoms with Crippen molar-refractivity contribution in [2.24, 2.45) is 0 Å². The zero-order chi connectivity index (χ0) is 16.6. The number of unbranched alkanes of at least 4 members (excludes halogenated alkanes) is 1. The molecule has 1 N–H and O–H groups in total. The molecule has 0 atom stereocenters. The van der Waals surface area contributed by atoms with E-state index in [0.717, 1.165) is 12.2 Å². The highest BCUT2D eigenvalue weighted by atomic mass is 16.6. The van der Waals surface area contributed by atoms with Crippen LogP contribution in [0.4, 0.5) is 0 Å². The van der Waals surface area contributed by atoms with Crippen LogP contribution in [0.2, 0.25) is 0 Å². The van der Waals surface area contributed by atoms with Gasteiger partial charge in [-0.25, -0.2) is 0 Å². The van der Waals surface area contributed by atoms with E-state index in [1.165, 1.54) is 18.4 Å². The first-order valence-electron chi connectivity index (χ1n) is 8.43. The van der Waals surface area contributed by atoms with E-state index in [1.54, 1.807) is 0 Å². The van der Waals surface area contributed by atoms with Crippen LogP contribution in [0.3, 0.4) is 0 Å². The van der Waals surface area contributed by atoms with Crippen molar-refractivity contribution in [1.29, 1.82) is 0 Å². The molecule has 0 aliphatic carbocycles. The number of hydrogen-bond donors (Lipinski definition) is 1. The van der Waals surface area contributed by atoms with Gasteiger partial charge in [0.25, 0.3) is 0 Å². The second-order valence-corrected chi connectivity index (χ2v) is 5.12. The van der Waals surface area contributed by atoms with E-state index in [4.69, 9.17) is 24.1 Å². The first kappa shape index (κ1) is 19.9. The van der Waals surface area contributed by atoms with Gasteiger partial charge in [-0.2, -0.15) is 0 Å². The monoisotopic (exact) mass is 326 g/mol. The molecule has 0 unspecified atom stereocenters. The second-order valence-electron chi connectivity index (χ2n) is 5.12. The van der Waals surface area contributed by atoms with Gasteiger partial charge in [0.2, 0.25) is 0 Å². The molecule has 1 aromatic rings. The van der Waals surface area contributed by atoms with Crippen molar-refractivity contribution >= 4 is 0 Å². The van der Waals surface area contributed by atoms with Crippen LogP contribution in [0.25, 0.3) is 0 Å². The molecule has 0 spiro atoms. The lowest BCUT2D eigenvalue weighted by Gasteiger charge is -2.11. The lowest BCUT2D eigenvalue weighted by atomic mass is 10.1. The number of hydrogen-bond acceptors (Lipinski definition) is 5. The van der Waals surface area contributed by atoms with E-state index in [2.05, 4.69) is 19.1 Å². The number of rotatable bonds is 15. The summed E-state index contributed by atoms with van der Waals surface area (Å²) < 4.78 is 21.7. The Kier molecular flexibility index (Phi) is 12.5. The average Bonchev–Trinajstić information content (AvgIpc) is 2.58. The van der Waals surface area contributed by atoms with E-state index in [0.29, 0.717) is 46.2 Å². The lowest BCUT2D eigenvalue weighted by Crippen LogP contribution is -2.13. The number of aryl methyl sites for hydroxylation is 1. The highest BCUT2D eigenvalue weighted by molar-refractivity contribution is 5.33. The van der Waals surface area contributed by atoms with Crippen LogP contribution in [-0.2, 0) is 20.6 Å². The van der Waals surface area contributed by atoms with Crippen molar-refractivity contribution in [3.63, 3.8) is 0 Å². The molecular formula is C18H30O5. The summed E-state index contributed by atoms with van der Waals surface area (Å²) in [4.78, 5) is 0. The Hall–Kier alpha value is -1.14. The van der Waals surface area contributed by atoms with Crippen molar-refractivity contribution in [3.05, 3.63) is 29.8 Å². The Labute approximate surface area is 139 Å². The smallest absolute Gasteiger partial charge is 0.122 e. The van der Waals surface area contributed by atoms with Crippen LogP contribution in [0, 0.1) is 0 Å². The molecule has 0 saturated heterocycles. The van der Waals surface area contributed by atoms with Gasteiger partial charge in [-0.1, -0.05) is 31.5 Å². The van der Waals surface area contributed by atoms with Crippen molar-refractivity contribution in [2.75, 3.05) is 52.9 Å². The molecule has 0 aromatic heterocycles. The van der Waals surface area contributed by atoms with Crippen molar-refractivity contribution in [1.82, 2.24) is 0 Å². The normalized spacial score (nSPS) is 10.9. The van der Waals surface area contributed by atoms with Crippen LogP contribution >= 0.6 is 0 Å². The van der Waals surface area contributed by atoms with Crippen LogP contribution in [0.15, 0.2) is 24.3 Å². The largest absolute Gasteiger partial charge is 0.491 e. The molecule has 0 amide bonds. The highest BCUT2D eigenvalue weighted by Gasteiger charge is 2.02. The molecule has 0 saturated carbocycles. The van der Waals surface area contributed by atoms with Gasteiger partial charge in [0, 0.05) is 0 Å². The third kappa shape index (κ3) is 10.3. The SMILES string of the molecule is CCCCc1ccccc1OCCOCCOCCOCCO. The Morgan fingerprint density at radius 2 is 1.43 bits per heavy atom. The minimum absolute atomic E-state index is 0.0463. The standard InChI is InChI=1S/C18H30O5/c1-2-3-6-17-7-4-5-8-18(17)23-16-15-22-14-13-21-12-11-20-10-9-19/h4-5,7-8,19H,2-3,6,9-16H2,1H3. The molecule has 0 radical (unpaired) electrons. The third-order valence-corrected chi connectivity index (χ3v) is 3.24. The van der Waals surface area contributed by atoms with E-state index in [9.17, 15) is 0 Å². The fourth-order valence-corrected chi connectivity index (χ4v) is 2.04. The minimum atomic E-state index is 0.0463. The van der Waals surface area contributed by atoms with Gasteiger partial charge in [0.1, 0.15) is 12.4 Å². The molecule has 1 rings (SSSR count). The molecule has 5 nitrogen and oxygen atoms in total. The van der Waals surface area contributed by atoms with Gasteiger partial charge in [0.15, 0.2) is 0 Å². The molecule has 0 aliphatic heterocycles. The van der Waals surface area contributed by atoms with Crippen molar-refractivity contribution in [3.8, 4) is 5.75 Å². The summed E-state index contributed by atoms with van der Waals surface area (Å²) in [5, 5.41) is 8.53. The van der Waals surface area contributed by atoms with Crippen LogP contribution in [-0.4, -0.2) is 58.0 Å². The van der Waals surface area contributed by atoms with Crippen molar-refractivity contribution < 1.29 is 24.1 Å². The highest BCUT2D eigenvalue weighted by Crippen LogP contribution is 2.19. The molecule has 0 fully saturated rings. The molecule has 132 valence electrons. The number of aliphatic hydroxyl groups excluding tert-OH is 1. The van der Waals surface area contributed by atoms with E-state index in [-0.39, 0.29) is 6.61 Å². The van der Waals surface area contributed by atoms with E-state index >= 15 is 0 Å². The molecular weight excluding hydrogens is 296 g/mol. The molecule has 0 heterocycles. The predicted octanol–water partition coefficient (Wildman–Crippen LogP) is 2.45. The van der Waals surface area contributed by atoms with Gasteiger partial charge in [-0.3, -0.25) is 0 Å². The Morgan fingerprint density at radius 1 is 0.826 bits per heavy atom. The molecule has 1 aromatic carbocycles. The Balaban J connectivity index is 2.00. The number of para-hydroxylation sites is 1. The predicted molar refractivity (Wildman–Crippen MR) is 90.1 cm³/mol. The summed E-state index contributed by atoms with van der Waals surface area (Å²) in [6.07, 6.45) is 3.42. The van der Waals surface area contributed by atoms with Gasteiger partial charge >= 0.3 is 0 Å². The van der Waals surface area contributed by atoms with Gasteiger partial charge in [-0.05, 0) is 24.5 Å². The van der Waals surface area contributed by atoms with E-state index < -0.39 is 0 Å². The van der Waals surface area contributed by atoms with E-state index in [1.807, 2.05) is 12.1 Å². The molecule has 0 bridgehead atoms. The zero-order valence-electron chi connectivity index (χ0n) is 14.2. The fraction of sp³-hybridized carbons (Fsp3) is 0.667. The third-order valence-electron chi connectivity index (χ3n) is 3.24. The van der Waals surface area contributed by atoms with Gasteiger partial charge < -0.3 is 24.1 Å². The first-order valence-corrected chi connectivity index (χ1v) is 8.43. The van der Waals surface area contributed by atoms with Gasteiger partial charge in [-0.15, -0.1) is 0 Å². The van der Waals surface area contributed by atoms with Gasteiger partial charge in [0.05, 0.1) is 46.2 Å². The van der Waals surface area contributed by atoms with Crippen molar-refractivity contribution in [2.45, 2.75) is 26.2 Å². The lowest BCUT2D eigenvalue weighted by molar-refractivity contribution is 0.00357. The Bertz CT molecular complexity index is 383. The number of aliphatic hydroxyl groups is 1. The fourth-order valence-electron chi connectivity index (χ4n) is 2.04. The topological polar surface area (TPSA) is 57.2 Å². The Morgan fingerprint density at radius 3 is 2.09 bits per heavy atom. The second kappa shape index (κ2) is 14.5. The average molecular weight is 326 g/mol. The summed E-state index contributed by atoms with van der Waals surface area (Å²) in [5.74, 6) is 0.960. The molecule has 5 heteroatoms. The summed E-state index contributed by atoms with van der Waals surface area (Å²) >= 11 is 0. The maximum absolute atomic E-state index is 8.53. The zero-order valence-corrected chi connectivity index (χ0v) is 14.2. The summed E-state index contributed by atoms with van der Waals surface area (Å²) in [6, 6.07) is 8.19. The maximum atomic E-state index is 8.53. The van der Waals surface area contributed by atoms with Crippen LogP contribution in [0.5, 0.6) is 5.75 Å². The molecule has 23 heavy (non-hydrogen) atoms. The summed E-state index contributed by atoms with van der Waals surface area (Å²) in [7, 11) is 0. The first-order chi connectivity index (χ1) is 11.4.